The van der Waals surface area contributed by atoms with Crippen LogP contribution in [0.1, 0.15) is 32.6 Å². The molecule has 0 radical (unpaired) electrons. The van der Waals surface area contributed by atoms with Crippen LogP contribution in [-0.2, 0) is 14.4 Å². The van der Waals surface area contributed by atoms with Crippen molar-refractivity contribution in [1.29, 1.82) is 0 Å². The minimum atomic E-state index is -0.481. The zero-order valence-electron chi connectivity index (χ0n) is 14.5. The molecule has 0 bridgehead atoms. The van der Waals surface area contributed by atoms with Crippen LogP contribution >= 0.6 is 24.0 Å². The molecule has 1 aromatic rings. The van der Waals surface area contributed by atoms with Crippen LogP contribution in [0.3, 0.4) is 0 Å². The summed E-state index contributed by atoms with van der Waals surface area (Å²) in [5.74, 6) is -0.542. The van der Waals surface area contributed by atoms with Crippen molar-refractivity contribution >= 4 is 51.8 Å². The lowest BCUT2D eigenvalue weighted by molar-refractivity contribution is -0.132. The minimum absolute atomic E-state index is 0.142. The van der Waals surface area contributed by atoms with Gasteiger partial charge >= 0.3 is 5.97 Å². The second-order valence-corrected chi connectivity index (χ2v) is 8.12. The number of amides is 2. The number of ether oxygens (including phenoxy) is 1. The molecule has 0 unspecified atom stereocenters. The fraction of sp³-hybridized carbons (Fsp3) is 0.444. The van der Waals surface area contributed by atoms with E-state index in [2.05, 4.69) is 4.90 Å². The summed E-state index contributed by atoms with van der Waals surface area (Å²) >= 11 is 6.78. The predicted molar refractivity (Wildman–Crippen MR) is 104 cm³/mol. The van der Waals surface area contributed by atoms with Crippen molar-refractivity contribution in [3.63, 3.8) is 0 Å². The van der Waals surface area contributed by atoms with Gasteiger partial charge in [0, 0.05) is 26.4 Å². The van der Waals surface area contributed by atoms with E-state index in [4.69, 9.17) is 17.0 Å². The third-order valence-corrected chi connectivity index (χ3v) is 5.98. The Kier molecular flexibility index (Phi) is 5.93. The molecule has 2 heterocycles. The minimum Gasteiger partial charge on any atom is -0.427 e. The first-order valence-corrected chi connectivity index (χ1v) is 9.85. The van der Waals surface area contributed by atoms with Crippen LogP contribution in [0.2, 0.25) is 0 Å². The summed E-state index contributed by atoms with van der Waals surface area (Å²) in [6.45, 7) is 3.15. The zero-order chi connectivity index (χ0) is 18.7. The molecule has 0 aromatic heterocycles. The fourth-order valence-electron chi connectivity index (χ4n) is 3.07. The largest absolute Gasteiger partial charge is 0.427 e. The molecule has 3 rings (SSSR count). The first-order chi connectivity index (χ1) is 12.5. The van der Waals surface area contributed by atoms with Gasteiger partial charge in [-0.25, -0.2) is 4.90 Å². The second kappa shape index (κ2) is 8.18. The van der Waals surface area contributed by atoms with Gasteiger partial charge in [0.05, 0.1) is 5.69 Å². The summed E-state index contributed by atoms with van der Waals surface area (Å²) in [6.07, 6.45) is 3.57. The average Bonchev–Trinajstić information content (AvgIpc) is 2.89. The highest BCUT2D eigenvalue weighted by molar-refractivity contribution is 8.23. The lowest BCUT2D eigenvalue weighted by atomic mass is 10.1. The molecular weight excluding hydrogens is 372 g/mol. The normalized spacial score (nSPS) is 20.4. The van der Waals surface area contributed by atoms with Crippen LogP contribution in [0.4, 0.5) is 5.69 Å². The van der Waals surface area contributed by atoms with Crippen molar-refractivity contribution < 1.29 is 19.1 Å². The van der Waals surface area contributed by atoms with Gasteiger partial charge in [-0.1, -0.05) is 24.0 Å². The molecule has 0 spiro atoms. The fourth-order valence-corrected chi connectivity index (χ4v) is 4.61. The van der Waals surface area contributed by atoms with Crippen LogP contribution in [0.15, 0.2) is 24.3 Å². The average molecular weight is 393 g/mol. The van der Waals surface area contributed by atoms with E-state index in [0.717, 1.165) is 25.9 Å². The molecule has 2 fully saturated rings. The molecule has 6 nitrogen and oxygen atoms in total. The van der Waals surface area contributed by atoms with Gasteiger partial charge in [0.2, 0.25) is 11.8 Å². The standard InChI is InChI=1S/C18H20N2O4S2/c1-12(21)24-14-7-5-13(6-8-14)20-16(22)11-15(17(20)23)26-18(25)19-9-3-2-4-10-19/h5-8,15H,2-4,9-11H2,1H3/t15-/m1/s1. The highest BCUT2D eigenvalue weighted by atomic mass is 32.2. The van der Waals surface area contributed by atoms with E-state index in [1.54, 1.807) is 24.3 Å². The van der Waals surface area contributed by atoms with E-state index >= 15 is 0 Å². The van der Waals surface area contributed by atoms with Gasteiger partial charge in [-0.3, -0.25) is 14.4 Å². The Morgan fingerprint density at radius 1 is 1.15 bits per heavy atom. The number of nitrogens with zero attached hydrogens (tertiary/aromatic N) is 2. The first kappa shape index (κ1) is 18.8. The molecular formula is C18H20N2O4S2. The highest BCUT2D eigenvalue weighted by Gasteiger charge is 2.41. The summed E-state index contributed by atoms with van der Waals surface area (Å²) in [5.41, 5.74) is 0.475. The topological polar surface area (TPSA) is 66.9 Å². The molecule has 0 saturated carbocycles. The maximum absolute atomic E-state index is 12.7. The molecule has 0 aliphatic carbocycles. The number of benzene rings is 1. The summed E-state index contributed by atoms with van der Waals surface area (Å²) < 4.78 is 5.67. The molecule has 2 aliphatic heterocycles. The molecule has 2 saturated heterocycles. The van der Waals surface area contributed by atoms with E-state index in [1.165, 1.54) is 30.0 Å². The third-order valence-electron chi connectivity index (χ3n) is 4.32. The van der Waals surface area contributed by atoms with Crippen LogP contribution < -0.4 is 9.64 Å². The summed E-state index contributed by atoms with van der Waals surface area (Å²) in [4.78, 5) is 39.4. The molecule has 1 atom stereocenters. The lowest BCUT2D eigenvalue weighted by Crippen LogP contribution is -2.35. The van der Waals surface area contributed by atoms with Gasteiger partial charge in [0.1, 0.15) is 15.3 Å². The van der Waals surface area contributed by atoms with E-state index < -0.39 is 11.2 Å². The predicted octanol–water partition coefficient (Wildman–Crippen LogP) is 2.75. The van der Waals surface area contributed by atoms with Crippen LogP contribution in [0.25, 0.3) is 0 Å². The number of carbonyl (C=O) groups excluding carboxylic acids is 3. The van der Waals surface area contributed by atoms with Crippen molar-refractivity contribution in [2.75, 3.05) is 18.0 Å². The number of rotatable bonds is 3. The summed E-state index contributed by atoms with van der Waals surface area (Å²) in [5, 5.41) is -0.481. The number of hydrogen-bond donors (Lipinski definition) is 0. The van der Waals surface area contributed by atoms with E-state index in [1.807, 2.05) is 0 Å². The van der Waals surface area contributed by atoms with Crippen molar-refractivity contribution in [2.45, 2.75) is 37.9 Å². The van der Waals surface area contributed by atoms with Gasteiger partial charge in [-0.15, -0.1) is 0 Å². The smallest absolute Gasteiger partial charge is 0.308 e. The molecule has 26 heavy (non-hydrogen) atoms. The number of carbonyl (C=O) groups is 3. The molecule has 0 N–H and O–H groups in total. The number of hydrogen-bond acceptors (Lipinski definition) is 6. The number of imide groups is 1. The Balaban J connectivity index is 1.66. The monoisotopic (exact) mass is 392 g/mol. The number of esters is 1. The van der Waals surface area contributed by atoms with Crippen LogP contribution in [0, 0.1) is 0 Å². The van der Waals surface area contributed by atoms with Crippen molar-refractivity contribution in [2.24, 2.45) is 0 Å². The SMILES string of the molecule is CC(=O)Oc1ccc(N2C(=O)C[C@@H](SC(=S)N3CCCCC3)C2=O)cc1. The van der Waals surface area contributed by atoms with E-state index in [9.17, 15) is 14.4 Å². The highest BCUT2D eigenvalue weighted by Crippen LogP contribution is 2.32. The third kappa shape index (κ3) is 4.24. The second-order valence-electron chi connectivity index (χ2n) is 6.28. The van der Waals surface area contributed by atoms with E-state index in [0.29, 0.717) is 15.8 Å². The number of anilines is 1. The quantitative estimate of drug-likeness (QED) is 0.339. The van der Waals surface area contributed by atoms with Gasteiger partial charge < -0.3 is 9.64 Å². The molecule has 138 valence electrons. The van der Waals surface area contributed by atoms with E-state index in [-0.39, 0.29) is 18.2 Å². The Morgan fingerprint density at radius 3 is 2.42 bits per heavy atom. The number of thioether (sulfide) groups is 1. The van der Waals surface area contributed by atoms with Crippen molar-refractivity contribution in [3.8, 4) is 5.75 Å². The van der Waals surface area contributed by atoms with Gasteiger partial charge in [0.25, 0.3) is 0 Å². The van der Waals surface area contributed by atoms with Crippen molar-refractivity contribution in [1.82, 2.24) is 4.90 Å². The Bertz CT molecular complexity index is 729. The number of piperidine rings is 1. The Labute approximate surface area is 161 Å². The number of thiocarbonyl (C=S) groups is 1. The van der Waals surface area contributed by atoms with Gasteiger partial charge in [0.15, 0.2) is 0 Å². The molecule has 2 amide bonds. The molecule has 2 aliphatic rings. The van der Waals surface area contributed by atoms with Crippen molar-refractivity contribution in [3.05, 3.63) is 24.3 Å². The first-order valence-electron chi connectivity index (χ1n) is 8.56. The van der Waals surface area contributed by atoms with Gasteiger partial charge in [-0.2, -0.15) is 0 Å². The number of likely N-dealkylation sites (tertiary alicyclic amines) is 1. The maximum atomic E-state index is 12.7. The lowest BCUT2D eigenvalue weighted by Gasteiger charge is -2.29. The maximum Gasteiger partial charge on any atom is 0.308 e. The Morgan fingerprint density at radius 2 is 1.81 bits per heavy atom. The Hall–Kier alpha value is -1.93. The van der Waals surface area contributed by atoms with Crippen LogP contribution in [-0.4, -0.2) is 45.3 Å². The van der Waals surface area contributed by atoms with Crippen LogP contribution in [0.5, 0.6) is 5.75 Å². The summed E-state index contributed by atoms with van der Waals surface area (Å²) in [6, 6.07) is 6.33. The molecule has 1 aromatic carbocycles. The summed E-state index contributed by atoms with van der Waals surface area (Å²) in [7, 11) is 0. The van der Waals surface area contributed by atoms with Gasteiger partial charge in [-0.05, 0) is 43.5 Å². The molecule has 8 heteroatoms. The zero-order valence-corrected chi connectivity index (χ0v) is 16.1.